The number of benzene rings is 2. The van der Waals surface area contributed by atoms with Crippen molar-refractivity contribution in [3.8, 4) is 0 Å². The Bertz CT molecular complexity index is 591. The third-order valence-corrected chi connectivity index (χ3v) is 3.46. The highest BCUT2D eigenvalue weighted by atomic mass is 15.1. The molecular weight excluding hydrogens is 258 g/mol. The maximum Gasteiger partial charge on any atom is 0.0532 e. The van der Waals surface area contributed by atoms with Crippen molar-refractivity contribution >= 4 is 0 Å². The lowest BCUT2D eigenvalue weighted by Gasteiger charge is -2.22. The molecule has 1 N–H and O–H groups in total. The molecule has 106 valence electrons. The van der Waals surface area contributed by atoms with E-state index in [1.54, 1.807) is 0 Å². The largest absolute Gasteiger partial charge is 0.290 e. The lowest BCUT2D eigenvalue weighted by Crippen LogP contribution is -2.22. The quantitative estimate of drug-likeness (QED) is 0.746. The standard InChI is InChI=1S/C18H19N3/c1-3-7-16(8-4-1)13-21(15-18-11-19-20-12-18)14-17-9-5-2-6-10-17/h1-12H,13-15H2,(H,19,20). The van der Waals surface area contributed by atoms with Crippen LogP contribution in [0.2, 0.25) is 0 Å². The molecule has 0 amide bonds. The summed E-state index contributed by atoms with van der Waals surface area (Å²) in [6, 6.07) is 21.2. The van der Waals surface area contributed by atoms with Crippen molar-refractivity contribution in [1.82, 2.24) is 15.1 Å². The second-order valence-corrected chi connectivity index (χ2v) is 5.22. The molecule has 3 rings (SSSR count). The molecule has 2 aromatic carbocycles. The minimum Gasteiger partial charge on any atom is -0.290 e. The van der Waals surface area contributed by atoms with Crippen LogP contribution < -0.4 is 0 Å². The van der Waals surface area contributed by atoms with Crippen molar-refractivity contribution < 1.29 is 0 Å². The van der Waals surface area contributed by atoms with Gasteiger partial charge >= 0.3 is 0 Å². The van der Waals surface area contributed by atoms with Crippen molar-refractivity contribution in [1.29, 1.82) is 0 Å². The van der Waals surface area contributed by atoms with Crippen LogP contribution >= 0.6 is 0 Å². The first-order valence-electron chi connectivity index (χ1n) is 7.18. The minimum absolute atomic E-state index is 0.889. The highest BCUT2D eigenvalue weighted by Gasteiger charge is 2.08. The summed E-state index contributed by atoms with van der Waals surface area (Å²) in [7, 11) is 0. The predicted molar refractivity (Wildman–Crippen MR) is 84.4 cm³/mol. The van der Waals surface area contributed by atoms with Gasteiger partial charge in [-0.15, -0.1) is 0 Å². The van der Waals surface area contributed by atoms with Crippen LogP contribution in [0.25, 0.3) is 0 Å². The molecule has 0 aliphatic carbocycles. The van der Waals surface area contributed by atoms with Crippen molar-refractivity contribution in [3.05, 3.63) is 89.7 Å². The summed E-state index contributed by atoms with van der Waals surface area (Å²) in [6.45, 7) is 2.75. The lowest BCUT2D eigenvalue weighted by molar-refractivity contribution is 0.248. The van der Waals surface area contributed by atoms with E-state index in [0.29, 0.717) is 0 Å². The summed E-state index contributed by atoms with van der Waals surface area (Å²) in [5.74, 6) is 0. The Morgan fingerprint density at radius 2 is 1.24 bits per heavy atom. The van der Waals surface area contributed by atoms with Gasteiger partial charge in [-0.1, -0.05) is 60.7 Å². The van der Waals surface area contributed by atoms with Crippen LogP contribution in [0.15, 0.2) is 73.1 Å². The summed E-state index contributed by atoms with van der Waals surface area (Å²) in [5.41, 5.74) is 3.87. The first kappa shape index (κ1) is 13.6. The molecule has 21 heavy (non-hydrogen) atoms. The van der Waals surface area contributed by atoms with Gasteiger partial charge in [-0.2, -0.15) is 5.10 Å². The molecule has 0 atom stereocenters. The highest BCUT2D eigenvalue weighted by molar-refractivity contribution is 5.17. The highest BCUT2D eigenvalue weighted by Crippen LogP contribution is 2.13. The second kappa shape index (κ2) is 6.86. The number of hydrogen-bond acceptors (Lipinski definition) is 2. The number of rotatable bonds is 6. The van der Waals surface area contributed by atoms with Crippen LogP contribution in [0.1, 0.15) is 16.7 Å². The molecule has 0 aliphatic rings. The van der Waals surface area contributed by atoms with Gasteiger partial charge in [0, 0.05) is 31.4 Å². The Morgan fingerprint density at radius 3 is 1.71 bits per heavy atom. The molecule has 0 saturated heterocycles. The van der Waals surface area contributed by atoms with Gasteiger partial charge in [0.15, 0.2) is 0 Å². The van der Waals surface area contributed by atoms with E-state index in [0.717, 1.165) is 19.6 Å². The van der Waals surface area contributed by atoms with E-state index in [9.17, 15) is 0 Å². The van der Waals surface area contributed by atoms with Gasteiger partial charge in [0.2, 0.25) is 0 Å². The van der Waals surface area contributed by atoms with Gasteiger partial charge < -0.3 is 0 Å². The number of nitrogens with one attached hydrogen (secondary N) is 1. The number of aromatic amines is 1. The van der Waals surface area contributed by atoms with E-state index in [1.807, 2.05) is 12.4 Å². The average Bonchev–Trinajstić information content (AvgIpc) is 3.02. The van der Waals surface area contributed by atoms with Gasteiger partial charge in [0.25, 0.3) is 0 Å². The molecule has 1 heterocycles. The Balaban J connectivity index is 1.74. The smallest absolute Gasteiger partial charge is 0.0532 e. The molecule has 1 aromatic heterocycles. The Hall–Kier alpha value is -2.39. The third kappa shape index (κ3) is 4.04. The summed E-state index contributed by atoms with van der Waals surface area (Å²) in [4.78, 5) is 2.43. The average molecular weight is 277 g/mol. The Morgan fingerprint density at radius 1 is 0.714 bits per heavy atom. The molecule has 0 fully saturated rings. The van der Waals surface area contributed by atoms with Crippen molar-refractivity contribution in [2.45, 2.75) is 19.6 Å². The maximum atomic E-state index is 4.04. The first-order valence-corrected chi connectivity index (χ1v) is 7.18. The summed E-state index contributed by atoms with van der Waals surface area (Å²) >= 11 is 0. The van der Waals surface area contributed by atoms with Gasteiger partial charge in [0.1, 0.15) is 0 Å². The van der Waals surface area contributed by atoms with Crippen LogP contribution in [0, 0.1) is 0 Å². The number of aromatic nitrogens is 2. The fourth-order valence-corrected chi connectivity index (χ4v) is 2.47. The zero-order chi connectivity index (χ0) is 14.3. The molecule has 0 bridgehead atoms. The summed E-state index contributed by atoms with van der Waals surface area (Å²) in [6.07, 6.45) is 3.85. The van der Waals surface area contributed by atoms with Crippen LogP contribution in [-0.4, -0.2) is 15.1 Å². The molecule has 0 aliphatic heterocycles. The monoisotopic (exact) mass is 277 g/mol. The molecule has 0 unspecified atom stereocenters. The minimum atomic E-state index is 0.889. The van der Waals surface area contributed by atoms with E-state index < -0.39 is 0 Å². The maximum absolute atomic E-state index is 4.04. The normalized spacial score (nSPS) is 10.9. The van der Waals surface area contributed by atoms with E-state index in [2.05, 4.69) is 75.8 Å². The molecule has 0 spiro atoms. The summed E-state index contributed by atoms with van der Waals surface area (Å²) in [5, 5.41) is 6.92. The topological polar surface area (TPSA) is 31.9 Å². The summed E-state index contributed by atoms with van der Waals surface area (Å²) < 4.78 is 0. The van der Waals surface area contributed by atoms with Crippen LogP contribution in [0.4, 0.5) is 0 Å². The molecule has 3 heteroatoms. The van der Waals surface area contributed by atoms with E-state index in [1.165, 1.54) is 16.7 Å². The molecule has 3 aromatic rings. The van der Waals surface area contributed by atoms with E-state index in [-0.39, 0.29) is 0 Å². The van der Waals surface area contributed by atoms with Gasteiger partial charge in [0.05, 0.1) is 6.20 Å². The Kier molecular flexibility index (Phi) is 4.44. The van der Waals surface area contributed by atoms with Gasteiger partial charge in [-0.3, -0.25) is 10.00 Å². The van der Waals surface area contributed by atoms with Gasteiger partial charge in [-0.05, 0) is 11.1 Å². The van der Waals surface area contributed by atoms with Crippen LogP contribution in [0.3, 0.4) is 0 Å². The van der Waals surface area contributed by atoms with Crippen LogP contribution in [-0.2, 0) is 19.6 Å². The molecule has 3 nitrogen and oxygen atoms in total. The first-order chi connectivity index (χ1) is 10.4. The molecule has 0 radical (unpaired) electrons. The van der Waals surface area contributed by atoms with E-state index >= 15 is 0 Å². The number of H-pyrrole nitrogens is 1. The zero-order valence-corrected chi connectivity index (χ0v) is 11.9. The fourth-order valence-electron chi connectivity index (χ4n) is 2.47. The SMILES string of the molecule is c1ccc(CN(Cc2ccccc2)Cc2cn[nH]c2)cc1. The van der Waals surface area contributed by atoms with Crippen LogP contribution in [0.5, 0.6) is 0 Å². The number of nitrogens with zero attached hydrogens (tertiary/aromatic N) is 2. The molecular formula is C18H19N3. The van der Waals surface area contributed by atoms with Crippen molar-refractivity contribution in [2.24, 2.45) is 0 Å². The van der Waals surface area contributed by atoms with Gasteiger partial charge in [-0.25, -0.2) is 0 Å². The lowest BCUT2D eigenvalue weighted by atomic mass is 10.1. The van der Waals surface area contributed by atoms with Crippen molar-refractivity contribution in [2.75, 3.05) is 0 Å². The molecule has 0 saturated carbocycles. The fraction of sp³-hybridized carbons (Fsp3) is 0.167. The van der Waals surface area contributed by atoms with Crippen molar-refractivity contribution in [3.63, 3.8) is 0 Å². The number of hydrogen-bond donors (Lipinski definition) is 1. The zero-order valence-electron chi connectivity index (χ0n) is 11.9. The second-order valence-electron chi connectivity index (χ2n) is 5.22. The predicted octanol–water partition coefficient (Wildman–Crippen LogP) is 3.61. The van der Waals surface area contributed by atoms with E-state index in [4.69, 9.17) is 0 Å². The Labute approximate surface area is 125 Å². The third-order valence-electron chi connectivity index (χ3n) is 3.46.